The van der Waals surface area contributed by atoms with E-state index in [1.807, 2.05) is 0 Å². The van der Waals surface area contributed by atoms with Gasteiger partial charge in [-0.15, -0.1) is 0 Å². The first kappa shape index (κ1) is 5.01. The summed E-state index contributed by atoms with van der Waals surface area (Å²) in [5, 5.41) is 0. The summed E-state index contributed by atoms with van der Waals surface area (Å²) in [6.07, 6.45) is 0. The van der Waals surface area contributed by atoms with Gasteiger partial charge in [0.1, 0.15) is 0 Å². The lowest BCUT2D eigenvalue weighted by Crippen LogP contribution is -1.29. The van der Waals surface area contributed by atoms with Gasteiger partial charge in [0.15, 0.2) is 0 Å². The zero-order valence-electron chi connectivity index (χ0n) is 1.71. The minimum atomic E-state index is 0.915. The van der Waals surface area contributed by atoms with Gasteiger partial charge in [-0.2, -0.15) is 0 Å². The van der Waals surface area contributed by atoms with E-state index in [2.05, 4.69) is 28.2 Å². The molecule has 26 valence electrons. The van der Waals surface area contributed by atoms with Gasteiger partial charge in [0.25, 0.3) is 0 Å². The zero-order valence-corrected chi connectivity index (χ0v) is 4.32. The SMILES string of the molecule is SOSS. The summed E-state index contributed by atoms with van der Waals surface area (Å²) in [6.45, 7) is 0. The highest BCUT2D eigenvalue weighted by atomic mass is 33.1. The van der Waals surface area contributed by atoms with Crippen LogP contribution >= 0.6 is 35.6 Å². The molecular weight excluding hydrogens is 112 g/mol. The van der Waals surface area contributed by atoms with Crippen LogP contribution < -0.4 is 0 Å². The molecule has 0 bridgehead atoms. The largest absolute Gasteiger partial charge is 0.239 e. The summed E-state index contributed by atoms with van der Waals surface area (Å²) in [6, 6.07) is 0. The molecule has 0 aromatic rings. The Hall–Kier alpha value is 1.01. The molecule has 0 atom stereocenters. The molecule has 0 rings (SSSR count). The summed E-state index contributed by atoms with van der Waals surface area (Å²) >= 11 is 7.76. The van der Waals surface area contributed by atoms with E-state index in [9.17, 15) is 0 Å². The first-order chi connectivity index (χ1) is 1.91. The maximum atomic E-state index is 4.02. The van der Waals surface area contributed by atoms with Crippen molar-refractivity contribution in [2.75, 3.05) is 0 Å². The topological polar surface area (TPSA) is 9.23 Å². The molecule has 0 aliphatic rings. The minimum absolute atomic E-state index is 0.915. The molecule has 0 spiro atoms. The van der Waals surface area contributed by atoms with Gasteiger partial charge in [-0.05, 0) is 12.9 Å². The summed E-state index contributed by atoms with van der Waals surface area (Å²) < 4.78 is 4.02. The van der Waals surface area contributed by atoms with Gasteiger partial charge < -0.3 is 0 Å². The first-order valence-corrected chi connectivity index (χ1v) is 2.69. The van der Waals surface area contributed by atoms with E-state index < -0.39 is 0 Å². The second-order valence-electron chi connectivity index (χ2n) is 0.149. The van der Waals surface area contributed by atoms with Crippen molar-refractivity contribution in [3.63, 3.8) is 0 Å². The van der Waals surface area contributed by atoms with E-state index in [1.165, 1.54) is 0 Å². The normalized spacial score (nSPS) is 7.50. The molecule has 0 aromatic heterocycles. The van der Waals surface area contributed by atoms with Crippen LogP contribution in [-0.2, 0) is 3.63 Å². The Bertz CT molecular complexity index is 5.25. The second-order valence-corrected chi connectivity index (χ2v) is 1.34. The smallest absolute Gasteiger partial charge is 0.0740 e. The number of hydrogen-bond acceptors (Lipinski definition) is 4. The van der Waals surface area contributed by atoms with Gasteiger partial charge in [0, 0.05) is 0 Å². The third-order valence-corrected chi connectivity index (χ3v) is 0.900. The Kier molecular flexibility index (Phi) is 5.02. The summed E-state index contributed by atoms with van der Waals surface area (Å²) in [5.74, 6) is 0. The molecule has 0 saturated heterocycles. The van der Waals surface area contributed by atoms with Crippen LogP contribution in [0.4, 0.5) is 0 Å². The van der Waals surface area contributed by atoms with Crippen LogP contribution in [0.5, 0.6) is 0 Å². The maximum absolute atomic E-state index is 4.02. The van der Waals surface area contributed by atoms with E-state index in [0.717, 1.165) is 11.1 Å². The van der Waals surface area contributed by atoms with Crippen LogP contribution in [0, 0.1) is 0 Å². The lowest BCUT2D eigenvalue weighted by Gasteiger charge is -1.70. The molecule has 0 fully saturated rings. The molecule has 1 nitrogen and oxygen atoms in total. The molecule has 0 aromatic carbocycles. The lowest BCUT2D eigenvalue weighted by atomic mass is 15.9. The van der Waals surface area contributed by atoms with Crippen molar-refractivity contribution in [1.82, 2.24) is 0 Å². The van der Waals surface area contributed by atoms with Gasteiger partial charge in [-0.25, -0.2) is 3.63 Å². The molecule has 0 heterocycles. The van der Waals surface area contributed by atoms with E-state index in [1.54, 1.807) is 0 Å². The molecule has 0 radical (unpaired) electrons. The Morgan fingerprint density at radius 3 is 2.00 bits per heavy atom. The molecule has 0 unspecified atom stereocenters. The molecule has 4 heavy (non-hydrogen) atoms. The fraction of sp³-hybridized carbons (Fsp3) is 0. The van der Waals surface area contributed by atoms with Crippen molar-refractivity contribution in [3.05, 3.63) is 0 Å². The Morgan fingerprint density at radius 1 is 1.75 bits per heavy atom. The van der Waals surface area contributed by atoms with Crippen molar-refractivity contribution in [2.24, 2.45) is 0 Å². The van der Waals surface area contributed by atoms with Crippen LogP contribution in [0.3, 0.4) is 0 Å². The second kappa shape index (κ2) is 4.01. The Labute approximate surface area is 39.7 Å². The van der Waals surface area contributed by atoms with Gasteiger partial charge >= 0.3 is 0 Å². The van der Waals surface area contributed by atoms with E-state index in [-0.39, 0.29) is 0 Å². The van der Waals surface area contributed by atoms with Gasteiger partial charge in [0.05, 0.1) is 11.1 Å². The molecule has 0 aliphatic carbocycles. The lowest BCUT2D eigenvalue weighted by molar-refractivity contribution is 0.788. The predicted octanol–water partition coefficient (Wildman–Crippen LogP) is 1.34. The van der Waals surface area contributed by atoms with Crippen molar-refractivity contribution >= 4 is 35.6 Å². The van der Waals surface area contributed by atoms with Crippen LogP contribution in [-0.4, -0.2) is 0 Å². The number of thiol groups is 2. The van der Waals surface area contributed by atoms with Gasteiger partial charge in [0.2, 0.25) is 0 Å². The van der Waals surface area contributed by atoms with E-state index in [0.29, 0.717) is 0 Å². The first-order valence-electron chi connectivity index (χ1n) is 0.532. The average Bonchev–Trinajstić information content (AvgIpc) is 1.37. The zero-order chi connectivity index (χ0) is 3.41. The average molecular weight is 114 g/mol. The molecule has 4 heteroatoms. The third-order valence-electron chi connectivity index (χ3n) is 0.0333. The Morgan fingerprint density at radius 2 is 2.00 bits per heavy atom. The van der Waals surface area contributed by atoms with Crippen molar-refractivity contribution in [1.29, 1.82) is 0 Å². The van der Waals surface area contributed by atoms with Crippen molar-refractivity contribution in [3.8, 4) is 0 Å². The predicted molar refractivity (Wildman–Crippen MR) is 26.6 cm³/mol. The highest BCUT2D eigenvalue weighted by Gasteiger charge is 1.55. The van der Waals surface area contributed by atoms with E-state index in [4.69, 9.17) is 0 Å². The van der Waals surface area contributed by atoms with Gasteiger partial charge in [-0.3, -0.25) is 0 Å². The molecular formula is H2OS3. The highest BCUT2D eigenvalue weighted by molar-refractivity contribution is 8.67. The monoisotopic (exact) mass is 114 g/mol. The van der Waals surface area contributed by atoms with Crippen LogP contribution in [0.15, 0.2) is 0 Å². The van der Waals surface area contributed by atoms with Crippen molar-refractivity contribution in [2.45, 2.75) is 0 Å². The number of hydrogen-bond donors (Lipinski definition) is 2. The third kappa shape index (κ3) is 3.01. The number of rotatable bonds is 1. The fourth-order valence-corrected chi connectivity index (χ4v) is 0. The van der Waals surface area contributed by atoms with Crippen molar-refractivity contribution < 1.29 is 3.63 Å². The van der Waals surface area contributed by atoms with Crippen LogP contribution in [0.2, 0.25) is 0 Å². The van der Waals surface area contributed by atoms with E-state index >= 15 is 0 Å². The molecule has 0 amide bonds. The molecule has 0 N–H and O–H groups in total. The minimum Gasteiger partial charge on any atom is -0.239 e. The molecule has 0 aliphatic heterocycles. The van der Waals surface area contributed by atoms with Crippen LogP contribution in [0.1, 0.15) is 0 Å². The Balaban J connectivity index is 1.97. The summed E-state index contributed by atoms with van der Waals surface area (Å²) in [5.41, 5.74) is 0. The quantitative estimate of drug-likeness (QED) is 0.302. The van der Waals surface area contributed by atoms with Gasteiger partial charge in [-0.1, -0.05) is 11.7 Å². The standard InChI is InChI=1S/H2OS3/c2-1-4-3/h2-3H. The maximum Gasteiger partial charge on any atom is 0.0740 e. The summed E-state index contributed by atoms with van der Waals surface area (Å²) in [7, 11) is 0. The van der Waals surface area contributed by atoms with Crippen LogP contribution in [0.25, 0.3) is 0 Å². The molecule has 0 saturated carbocycles. The highest BCUT2D eigenvalue weighted by Crippen LogP contribution is 2.06. The summed E-state index contributed by atoms with van der Waals surface area (Å²) in [4.78, 5) is 0. The fourth-order valence-electron chi connectivity index (χ4n) is 0.